The second-order valence-corrected chi connectivity index (χ2v) is 5.98. The first kappa shape index (κ1) is 15.5. The molecule has 1 N–H and O–H groups in total. The smallest absolute Gasteiger partial charge is 0.245 e. The minimum absolute atomic E-state index is 0.0326. The van der Waals surface area contributed by atoms with Crippen LogP contribution in [-0.4, -0.2) is 38.6 Å². The van der Waals surface area contributed by atoms with Crippen LogP contribution in [0.15, 0.2) is 6.07 Å². The molecule has 0 spiro atoms. The largest absolute Gasteiger partial charge is 0.343 e. The van der Waals surface area contributed by atoms with Gasteiger partial charge in [-0.2, -0.15) is 5.10 Å². The fourth-order valence-electron chi connectivity index (χ4n) is 2.90. The topological polar surface area (TPSA) is 67.2 Å². The number of nitrogens with zero attached hydrogens (tertiary/aromatic N) is 3. The molecule has 2 unspecified atom stereocenters. The predicted molar refractivity (Wildman–Crippen MR) is 79.4 cm³/mol. The van der Waals surface area contributed by atoms with Gasteiger partial charge < -0.3 is 10.2 Å². The molecule has 6 heteroatoms. The van der Waals surface area contributed by atoms with E-state index in [9.17, 15) is 9.59 Å². The van der Waals surface area contributed by atoms with E-state index in [1.54, 1.807) is 11.8 Å². The van der Waals surface area contributed by atoms with Gasteiger partial charge in [0.1, 0.15) is 12.1 Å². The number of carbonyl (C=O) groups excluding carboxylic acids is 2. The molecule has 0 radical (unpaired) electrons. The van der Waals surface area contributed by atoms with Crippen LogP contribution in [0.25, 0.3) is 0 Å². The first-order chi connectivity index (χ1) is 9.85. The van der Waals surface area contributed by atoms with Crippen LogP contribution in [0.2, 0.25) is 0 Å². The van der Waals surface area contributed by atoms with Gasteiger partial charge in [0, 0.05) is 6.54 Å². The highest BCUT2D eigenvalue weighted by Gasteiger charge is 2.40. The summed E-state index contributed by atoms with van der Waals surface area (Å²) in [7, 11) is 0. The Labute approximate surface area is 125 Å². The standard InChI is InChI=1S/C15H24N4O2/c1-6-19-12(7-10(4)17-19)8-18-13(9(2)3)14(20)16-11(5)15(18)21/h7,9,11,13H,6,8H2,1-5H3,(H,16,20). The molecule has 0 aromatic carbocycles. The van der Waals surface area contributed by atoms with E-state index in [2.05, 4.69) is 10.4 Å². The molecule has 1 aliphatic heterocycles. The second-order valence-electron chi connectivity index (χ2n) is 5.98. The van der Waals surface area contributed by atoms with Crippen molar-refractivity contribution in [3.05, 3.63) is 17.5 Å². The summed E-state index contributed by atoms with van der Waals surface area (Å²) in [6, 6.07) is 1.09. The van der Waals surface area contributed by atoms with Crippen LogP contribution in [0.5, 0.6) is 0 Å². The fraction of sp³-hybridized carbons (Fsp3) is 0.667. The summed E-state index contributed by atoms with van der Waals surface area (Å²) in [4.78, 5) is 26.4. The normalized spacial score (nSPS) is 22.9. The van der Waals surface area contributed by atoms with E-state index >= 15 is 0 Å². The number of rotatable bonds is 4. The van der Waals surface area contributed by atoms with Gasteiger partial charge in [-0.1, -0.05) is 13.8 Å². The van der Waals surface area contributed by atoms with Crippen molar-refractivity contribution in [2.45, 2.75) is 59.8 Å². The van der Waals surface area contributed by atoms with Crippen molar-refractivity contribution in [3.8, 4) is 0 Å². The third-order valence-corrected chi connectivity index (χ3v) is 3.87. The monoisotopic (exact) mass is 292 g/mol. The third kappa shape index (κ3) is 2.94. The molecular formula is C15H24N4O2. The zero-order chi connectivity index (χ0) is 15.7. The molecular weight excluding hydrogens is 268 g/mol. The van der Waals surface area contributed by atoms with Crippen LogP contribution in [0.3, 0.4) is 0 Å². The summed E-state index contributed by atoms with van der Waals surface area (Å²) >= 11 is 0. The average Bonchev–Trinajstić information content (AvgIpc) is 2.75. The molecule has 1 aliphatic rings. The summed E-state index contributed by atoms with van der Waals surface area (Å²) in [6.45, 7) is 10.8. The Balaban J connectivity index is 2.32. The minimum atomic E-state index is -0.466. The second kappa shape index (κ2) is 5.87. The maximum absolute atomic E-state index is 12.5. The van der Waals surface area contributed by atoms with Gasteiger partial charge in [0.2, 0.25) is 11.8 Å². The first-order valence-electron chi connectivity index (χ1n) is 7.49. The molecule has 2 atom stereocenters. The molecule has 116 valence electrons. The predicted octanol–water partition coefficient (Wildman–Crippen LogP) is 1.08. The highest BCUT2D eigenvalue weighted by molar-refractivity contribution is 5.96. The lowest BCUT2D eigenvalue weighted by Crippen LogP contribution is -2.63. The molecule has 1 saturated heterocycles. The van der Waals surface area contributed by atoms with E-state index < -0.39 is 12.1 Å². The number of piperazine rings is 1. The Morgan fingerprint density at radius 2 is 2.05 bits per heavy atom. The number of hydrogen-bond acceptors (Lipinski definition) is 3. The van der Waals surface area contributed by atoms with Gasteiger partial charge >= 0.3 is 0 Å². The zero-order valence-corrected chi connectivity index (χ0v) is 13.4. The van der Waals surface area contributed by atoms with Crippen LogP contribution >= 0.6 is 0 Å². The van der Waals surface area contributed by atoms with E-state index in [0.29, 0.717) is 6.54 Å². The molecule has 0 saturated carbocycles. The van der Waals surface area contributed by atoms with Crippen LogP contribution < -0.4 is 5.32 Å². The van der Waals surface area contributed by atoms with E-state index in [4.69, 9.17) is 0 Å². The molecule has 1 aromatic heterocycles. The van der Waals surface area contributed by atoms with Crippen molar-refractivity contribution in [1.82, 2.24) is 20.0 Å². The minimum Gasteiger partial charge on any atom is -0.343 e. The van der Waals surface area contributed by atoms with Crippen molar-refractivity contribution in [2.75, 3.05) is 0 Å². The zero-order valence-electron chi connectivity index (χ0n) is 13.4. The lowest BCUT2D eigenvalue weighted by Gasteiger charge is -2.39. The first-order valence-corrected chi connectivity index (χ1v) is 7.49. The molecule has 1 fully saturated rings. The van der Waals surface area contributed by atoms with Crippen molar-refractivity contribution in [2.24, 2.45) is 5.92 Å². The summed E-state index contributed by atoms with van der Waals surface area (Å²) in [5.41, 5.74) is 1.89. The molecule has 2 amide bonds. The Bertz CT molecular complexity index is 550. The summed E-state index contributed by atoms with van der Waals surface area (Å²) in [6.07, 6.45) is 0. The van der Waals surface area contributed by atoms with Gasteiger partial charge in [0.25, 0.3) is 0 Å². The lowest BCUT2D eigenvalue weighted by atomic mass is 9.97. The van der Waals surface area contributed by atoms with Crippen LogP contribution in [0.1, 0.15) is 39.1 Å². The van der Waals surface area contributed by atoms with Gasteiger partial charge in [0.15, 0.2) is 0 Å². The number of aryl methyl sites for hydroxylation is 2. The van der Waals surface area contributed by atoms with Crippen LogP contribution in [-0.2, 0) is 22.7 Å². The number of aromatic nitrogens is 2. The number of amides is 2. The maximum atomic E-state index is 12.5. The molecule has 0 aliphatic carbocycles. The van der Waals surface area contributed by atoms with E-state index in [1.807, 2.05) is 38.4 Å². The van der Waals surface area contributed by atoms with Gasteiger partial charge in [-0.15, -0.1) is 0 Å². The quantitative estimate of drug-likeness (QED) is 0.903. The van der Waals surface area contributed by atoms with Gasteiger partial charge in [0.05, 0.1) is 17.9 Å². The molecule has 6 nitrogen and oxygen atoms in total. The van der Waals surface area contributed by atoms with Crippen LogP contribution in [0, 0.1) is 12.8 Å². The summed E-state index contributed by atoms with van der Waals surface area (Å²) in [5, 5.41) is 7.16. The van der Waals surface area contributed by atoms with Crippen molar-refractivity contribution < 1.29 is 9.59 Å². The Morgan fingerprint density at radius 1 is 1.38 bits per heavy atom. The van der Waals surface area contributed by atoms with Gasteiger partial charge in [-0.05, 0) is 32.8 Å². The molecule has 0 bridgehead atoms. The fourth-order valence-corrected chi connectivity index (χ4v) is 2.90. The third-order valence-electron chi connectivity index (χ3n) is 3.87. The number of nitrogens with one attached hydrogen (secondary N) is 1. The maximum Gasteiger partial charge on any atom is 0.245 e. The highest BCUT2D eigenvalue weighted by Crippen LogP contribution is 2.20. The summed E-state index contributed by atoms with van der Waals surface area (Å²) < 4.78 is 1.89. The SMILES string of the molecule is CCn1nc(C)cc1CN1C(=O)C(C)NC(=O)C1C(C)C. The molecule has 1 aromatic rings. The van der Waals surface area contributed by atoms with Crippen molar-refractivity contribution in [1.29, 1.82) is 0 Å². The Hall–Kier alpha value is -1.85. The highest BCUT2D eigenvalue weighted by atomic mass is 16.2. The lowest BCUT2D eigenvalue weighted by molar-refractivity contribution is -0.151. The van der Waals surface area contributed by atoms with Crippen LogP contribution in [0.4, 0.5) is 0 Å². The van der Waals surface area contributed by atoms with Crippen molar-refractivity contribution in [3.63, 3.8) is 0 Å². The Kier molecular flexibility index (Phi) is 4.34. The summed E-state index contributed by atoms with van der Waals surface area (Å²) in [5.74, 6) is -0.0354. The molecule has 21 heavy (non-hydrogen) atoms. The Morgan fingerprint density at radius 3 is 2.62 bits per heavy atom. The number of carbonyl (C=O) groups is 2. The average molecular weight is 292 g/mol. The molecule has 2 heterocycles. The molecule has 2 rings (SSSR count). The van der Waals surface area contributed by atoms with E-state index in [0.717, 1.165) is 17.9 Å². The number of hydrogen-bond donors (Lipinski definition) is 1. The van der Waals surface area contributed by atoms with E-state index in [1.165, 1.54) is 0 Å². The van der Waals surface area contributed by atoms with Gasteiger partial charge in [-0.3, -0.25) is 14.3 Å². The van der Waals surface area contributed by atoms with Gasteiger partial charge in [-0.25, -0.2) is 0 Å². The van der Waals surface area contributed by atoms with E-state index in [-0.39, 0.29) is 17.7 Å². The van der Waals surface area contributed by atoms with Crippen molar-refractivity contribution >= 4 is 11.8 Å².